The highest BCUT2D eigenvalue weighted by Gasteiger charge is 2.40. The Labute approximate surface area is 485 Å². The van der Waals surface area contributed by atoms with Crippen LogP contribution < -0.4 is 14.0 Å². The van der Waals surface area contributed by atoms with Crippen LogP contribution in [0.15, 0.2) is 47.8 Å². The molecule has 1 aliphatic heterocycles. The van der Waals surface area contributed by atoms with Crippen molar-refractivity contribution in [1.82, 2.24) is 13.2 Å². The Morgan fingerprint density at radius 3 is 1.92 bits per heavy atom. The van der Waals surface area contributed by atoms with Crippen LogP contribution in [0.25, 0.3) is 71.2 Å². The quantitative estimate of drug-likeness (QED) is 0.0578. The predicted octanol–water partition coefficient (Wildman–Crippen LogP) is 21.1. The van der Waals surface area contributed by atoms with Gasteiger partial charge in [-0.3, -0.25) is 4.48 Å². The summed E-state index contributed by atoms with van der Waals surface area (Å²) in [5.74, 6) is 21.6. The second-order valence-electron chi connectivity index (χ2n) is 17.8. The third kappa shape index (κ3) is 11.7. The molecule has 0 radical (unpaired) electrons. The molecule has 0 aliphatic carbocycles. The number of rotatable bonds is 15. The van der Waals surface area contributed by atoms with Crippen LogP contribution in [0.1, 0.15) is 114 Å². The van der Waals surface area contributed by atoms with Crippen LogP contribution in [0.4, 0.5) is 11.4 Å². The Hall–Kier alpha value is -6.46. The lowest BCUT2D eigenvalue weighted by molar-refractivity contribution is -0.191. The van der Waals surface area contributed by atoms with Crippen molar-refractivity contribution >= 4 is 139 Å². The maximum Gasteiger partial charge on any atom is 0.373 e. The minimum Gasteiger partial charge on any atom is -0.404 e. The normalized spacial score (nSPS) is 11.4. The highest BCUT2D eigenvalue weighted by molar-refractivity contribution is 7.31. The maximum atomic E-state index is 8.12. The van der Waals surface area contributed by atoms with Crippen molar-refractivity contribution in [2.24, 2.45) is 0 Å². The second kappa shape index (κ2) is 25.2. The molecule has 8 heterocycles. The molecule has 74 heavy (non-hydrogen) atoms. The van der Waals surface area contributed by atoms with Gasteiger partial charge in [-0.25, -0.2) is 0 Å². The van der Waals surface area contributed by atoms with Gasteiger partial charge >= 0.3 is 6.15 Å². The van der Waals surface area contributed by atoms with Crippen LogP contribution in [0.5, 0.6) is 11.5 Å². The molecule has 2 aromatic carbocycles. The van der Waals surface area contributed by atoms with E-state index >= 15 is 0 Å². The van der Waals surface area contributed by atoms with E-state index in [4.69, 9.17) is 31.9 Å². The first-order valence-corrected chi connectivity index (χ1v) is 29.8. The first kappa shape index (κ1) is 53.8. The van der Waals surface area contributed by atoms with Crippen molar-refractivity contribution in [2.75, 3.05) is 14.1 Å². The monoisotopic (exact) mass is 1130 g/mol. The minimum atomic E-state index is 0. The number of nitrogens with zero attached hydrogens (tertiary/aromatic N) is 3. The number of hydrogen-bond acceptors (Lipinski definition) is 13. The Morgan fingerprint density at radius 2 is 1.24 bits per heavy atom. The van der Waals surface area contributed by atoms with Gasteiger partial charge in [0.1, 0.15) is 33.0 Å². The van der Waals surface area contributed by atoms with Crippen molar-refractivity contribution in [3.63, 3.8) is 0 Å². The van der Waals surface area contributed by atoms with Gasteiger partial charge in [0.15, 0.2) is 22.9 Å². The van der Waals surface area contributed by atoms with Crippen molar-refractivity contribution in [2.45, 2.75) is 98.3 Å². The number of ether oxygens (including phenoxy) is 2. The zero-order valence-electron chi connectivity index (χ0n) is 41.9. The number of terminal acetylenes is 2. The van der Waals surface area contributed by atoms with E-state index in [1.165, 1.54) is 138 Å². The van der Waals surface area contributed by atoms with E-state index in [9.17, 15) is 0 Å². The van der Waals surface area contributed by atoms with Crippen LogP contribution in [0, 0.1) is 93.2 Å². The van der Waals surface area contributed by atoms with Crippen molar-refractivity contribution in [3.05, 3.63) is 68.0 Å². The van der Waals surface area contributed by atoms with Crippen LogP contribution in [0.3, 0.4) is 0 Å². The van der Waals surface area contributed by atoms with Crippen LogP contribution in [0.2, 0.25) is 0 Å². The van der Waals surface area contributed by atoms with Gasteiger partial charge in [0.05, 0.1) is 44.8 Å². The molecule has 0 atom stereocenters. The van der Waals surface area contributed by atoms with E-state index in [1.54, 1.807) is 22.7 Å². The summed E-state index contributed by atoms with van der Waals surface area (Å²) in [5, 5.41) is 5.38. The van der Waals surface area contributed by atoms with Crippen LogP contribution in [-0.4, -0.2) is 29.0 Å². The van der Waals surface area contributed by atoms with Crippen molar-refractivity contribution < 1.29 is 41.9 Å². The molecule has 0 saturated carbocycles. The number of aryl methyl sites for hydroxylation is 4. The highest BCUT2D eigenvalue weighted by Crippen LogP contribution is 2.59. The Kier molecular flexibility index (Phi) is 18.3. The summed E-state index contributed by atoms with van der Waals surface area (Å²) in [5.41, 5.74) is 7.27. The first-order chi connectivity index (χ1) is 36.0. The number of hydrogen-bond donors (Lipinski definition) is 0. The molecule has 0 bridgehead atoms. The summed E-state index contributed by atoms with van der Waals surface area (Å²) >= 11 is 12.1. The summed E-state index contributed by atoms with van der Waals surface area (Å²) in [4.78, 5) is 26.7. The zero-order chi connectivity index (χ0) is 52.2. The fourth-order valence-corrected chi connectivity index (χ4v) is 17.0. The predicted molar refractivity (Wildman–Crippen MR) is 352 cm³/mol. The smallest absolute Gasteiger partial charge is 0.373 e. The molecule has 7 aromatic heterocycles. The molecule has 0 saturated heterocycles. The lowest BCUT2D eigenvalue weighted by Gasteiger charge is -2.22. The molecule has 402 valence electrons. The number of benzene rings is 2. The van der Waals surface area contributed by atoms with E-state index < -0.39 is 0 Å². The summed E-state index contributed by atoms with van der Waals surface area (Å²) in [7, 11) is 4.53. The largest absolute Gasteiger partial charge is 0.404 e. The molecule has 0 spiro atoms. The Morgan fingerprint density at radius 1 is 0.608 bits per heavy atom. The third-order valence-corrected chi connectivity index (χ3v) is 20.1. The summed E-state index contributed by atoms with van der Waals surface area (Å²) in [6.45, 7) is 8.66. The Balaban J connectivity index is -0.000000193. The van der Waals surface area contributed by atoms with E-state index in [-0.39, 0.29) is 29.0 Å². The van der Waals surface area contributed by atoms with E-state index in [0.717, 1.165) is 51.9 Å². The molecule has 0 unspecified atom stereocenters. The third-order valence-electron chi connectivity index (χ3n) is 12.6. The van der Waals surface area contributed by atoms with E-state index in [1.807, 2.05) is 45.3 Å². The van der Waals surface area contributed by atoms with Gasteiger partial charge in [-0.05, 0) is 86.4 Å². The molecule has 14 heteroatoms. The standard InChI is InChI=1S/C42H36O2S4.C17H14N3S3.CO2.16H2/c1-6-9-12-15-16-17-18-19-20-21-24-32-28-33-31(5)46-42(41(33)47-32)36-29-35-38(44-26-23-14-11-8-3)39-34(27-30(4)45-39)37(40(35)48-36)43-25-22-13-10-7-2;1-9-4-5-10(15-14(9)18-23-19-15)13-8-12-17(22-13)16-11(6-7-21-16)20(12,2)3;2-1-3;;;;;;;;;;;;;;;;/h2-3,27-29H,6,9,12,15-21,24H2,1,4-5H3;4-8H,1-3H3;;16*1H/q;+1;;;;;;;;;;;;;;;;;. The van der Waals surface area contributed by atoms with Crippen molar-refractivity contribution in [1.29, 1.82) is 0 Å². The maximum absolute atomic E-state index is 8.12. The minimum absolute atomic E-state index is 0. The van der Waals surface area contributed by atoms with Gasteiger partial charge in [0, 0.05) is 105 Å². The molecule has 9 aromatic rings. The second-order valence-corrected chi connectivity index (χ2v) is 25.0. The number of fused-ring (bicyclic) bond motifs is 7. The number of quaternary nitrogens is 1. The molecule has 7 nitrogen and oxygen atoms in total. The lowest BCUT2D eigenvalue weighted by atomic mass is 10.1. The topological polar surface area (TPSA) is 78.4 Å². The van der Waals surface area contributed by atoms with E-state index in [2.05, 4.69) is 158 Å². The van der Waals surface area contributed by atoms with Gasteiger partial charge in [-0.15, -0.1) is 80.9 Å². The van der Waals surface area contributed by atoms with Gasteiger partial charge in [0.2, 0.25) is 0 Å². The molecule has 0 fully saturated rings. The lowest BCUT2D eigenvalue weighted by Crippen LogP contribution is -2.31. The summed E-state index contributed by atoms with van der Waals surface area (Å²) < 4.78 is 25.3. The highest BCUT2D eigenvalue weighted by atomic mass is 32.1. The van der Waals surface area contributed by atoms with Crippen LogP contribution in [-0.2, 0) is 16.0 Å². The molecule has 10 rings (SSSR count). The van der Waals surface area contributed by atoms with Gasteiger partial charge < -0.3 is 9.47 Å². The fraction of sp³-hybridized carbons (Fsp3) is 0.283. The van der Waals surface area contributed by atoms with E-state index in [0.29, 0.717) is 11.5 Å². The molecule has 0 N–H and O–H groups in total. The molecular formula is C60H82N3O4S7+. The van der Waals surface area contributed by atoms with Crippen molar-refractivity contribution in [3.8, 4) is 114 Å². The number of thiophene rings is 6. The Bertz CT molecular complexity index is 3860. The molecule has 0 amide bonds. The molecule has 1 aliphatic rings. The average Bonchev–Trinajstić information content (AvgIpc) is 2.73. The average molecular weight is 1130 g/mol. The SMILES string of the molecule is C#CC#CC#COc1c2cc(-c3sc(C)c4cc(CCCCCCCCCCCC)sc34)sc2c(OC#CC#CC#C)c2cc(C)sc12.Cc1ccc(-c2cc3c(s2)-c2sccc2[N+]3(C)C)c2nsnc12.O=C=O.[HH].[HH].[HH].[HH].[HH].[HH].[HH].[HH].[HH].[HH].[HH].[HH].[HH].[HH].[HH].[HH]. The number of unbranched alkanes of at least 4 members (excludes halogenated alkanes) is 9. The molecular weight excluding hydrogens is 1050 g/mol. The van der Waals surface area contributed by atoms with Crippen LogP contribution >= 0.6 is 79.7 Å². The number of carbonyl (C=O) groups excluding carboxylic acids is 2. The number of aromatic nitrogens is 2. The zero-order valence-corrected chi connectivity index (χ0v) is 47.6. The van der Waals surface area contributed by atoms with Gasteiger partial charge in [-0.1, -0.05) is 76.8 Å². The van der Waals surface area contributed by atoms with Gasteiger partial charge in [-0.2, -0.15) is 18.3 Å². The summed E-state index contributed by atoms with van der Waals surface area (Å²) in [6.07, 6.45) is 30.9. The fourth-order valence-electron chi connectivity index (χ4n) is 9.00. The first-order valence-electron chi connectivity index (χ1n) is 24.1. The van der Waals surface area contributed by atoms with Gasteiger partial charge in [0.25, 0.3) is 0 Å². The summed E-state index contributed by atoms with van der Waals surface area (Å²) in [6, 6.07) is 15.6.